The zero-order chi connectivity index (χ0) is 15.9. The largest absolute Gasteiger partial charge is 0.388 e. The van der Waals surface area contributed by atoms with Gasteiger partial charge in [-0.15, -0.1) is 0 Å². The molecule has 0 radical (unpaired) electrons. The van der Waals surface area contributed by atoms with Crippen molar-refractivity contribution in [3.8, 4) is 0 Å². The molecular weight excluding hydrogens is 310 g/mol. The molecule has 0 aromatic heterocycles. The molecule has 0 bridgehead atoms. The highest BCUT2D eigenvalue weighted by atomic mass is 32.2. The Labute approximate surface area is 128 Å². The van der Waals surface area contributed by atoms with Gasteiger partial charge in [-0.25, -0.2) is 8.42 Å². The van der Waals surface area contributed by atoms with E-state index < -0.39 is 28.0 Å². The Morgan fingerprint density at radius 1 is 1.27 bits per heavy atom. The quantitative estimate of drug-likeness (QED) is 0.765. The van der Waals surface area contributed by atoms with Gasteiger partial charge in [-0.1, -0.05) is 6.07 Å². The van der Waals surface area contributed by atoms with Gasteiger partial charge in [0.1, 0.15) is 18.3 Å². The van der Waals surface area contributed by atoms with E-state index in [0.29, 0.717) is 0 Å². The Balaban J connectivity index is 1.73. The van der Waals surface area contributed by atoms with Gasteiger partial charge >= 0.3 is 0 Å². The summed E-state index contributed by atoms with van der Waals surface area (Å²) in [5, 5.41) is 12.4. The zero-order valence-corrected chi connectivity index (χ0v) is 12.7. The fourth-order valence-corrected chi connectivity index (χ4v) is 3.39. The molecule has 1 aromatic rings. The van der Waals surface area contributed by atoms with E-state index in [0.717, 1.165) is 6.26 Å². The highest BCUT2D eigenvalue weighted by Gasteiger charge is 2.47. The van der Waals surface area contributed by atoms with Crippen molar-refractivity contribution >= 4 is 15.7 Å². The van der Waals surface area contributed by atoms with Crippen LogP contribution >= 0.6 is 0 Å². The number of fused-ring (bicyclic) bond motifs is 1. The molecular formula is C14H17NO6S. The first-order valence-electron chi connectivity index (χ1n) is 6.88. The molecule has 2 saturated heterocycles. The Morgan fingerprint density at radius 2 is 2.00 bits per heavy atom. The van der Waals surface area contributed by atoms with Crippen LogP contribution in [0.5, 0.6) is 0 Å². The van der Waals surface area contributed by atoms with Crippen LogP contribution in [0.3, 0.4) is 0 Å². The lowest BCUT2D eigenvalue weighted by Crippen LogP contribution is -2.44. The van der Waals surface area contributed by atoms with Crippen LogP contribution in [0.25, 0.3) is 0 Å². The standard InChI is InChI=1S/C14H17NO6S/c1-22(18,19)9-4-2-3-8(5-9)14(17)15-10-6-20-13-11(16)7-21-12(10)13/h2-5,10-13,16H,6-7H2,1H3,(H,15,17)/t10-,11-,12-,13-/m1/s1. The number of hydrogen-bond donors (Lipinski definition) is 2. The van der Waals surface area contributed by atoms with Crippen molar-refractivity contribution in [2.45, 2.75) is 29.2 Å². The first kappa shape index (κ1) is 15.4. The minimum Gasteiger partial charge on any atom is -0.388 e. The summed E-state index contributed by atoms with van der Waals surface area (Å²) in [6, 6.07) is 5.48. The Hall–Kier alpha value is -1.48. The monoisotopic (exact) mass is 327 g/mol. The van der Waals surface area contributed by atoms with Crippen LogP contribution in [-0.2, 0) is 19.3 Å². The molecule has 7 nitrogen and oxygen atoms in total. The number of rotatable bonds is 3. The van der Waals surface area contributed by atoms with Gasteiger partial charge in [0.15, 0.2) is 9.84 Å². The Morgan fingerprint density at radius 3 is 2.73 bits per heavy atom. The van der Waals surface area contributed by atoms with Gasteiger partial charge in [0.25, 0.3) is 5.91 Å². The maximum Gasteiger partial charge on any atom is 0.251 e. The van der Waals surface area contributed by atoms with Crippen molar-refractivity contribution in [2.75, 3.05) is 19.5 Å². The molecule has 0 unspecified atom stereocenters. The number of carbonyl (C=O) groups is 1. The number of carbonyl (C=O) groups excluding carboxylic acids is 1. The van der Waals surface area contributed by atoms with Crippen LogP contribution in [-0.4, -0.2) is 63.3 Å². The van der Waals surface area contributed by atoms with Crippen molar-refractivity contribution < 1.29 is 27.8 Å². The molecule has 1 aromatic carbocycles. The first-order valence-corrected chi connectivity index (χ1v) is 8.77. The summed E-state index contributed by atoms with van der Waals surface area (Å²) in [5.41, 5.74) is 0.255. The fraction of sp³-hybridized carbons (Fsp3) is 0.500. The van der Waals surface area contributed by atoms with E-state index in [-0.39, 0.29) is 35.8 Å². The van der Waals surface area contributed by atoms with Crippen LogP contribution in [0.1, 0.15) is 10.4 Å². The second-order valence-corrected chi connectivity index (χ2v) is 7.56. The summed E-state index contributed by atoms with van der Waals surface area (Å²) >= 11 is 0. The molecule has 120 valence electrons. The molecule has 1 amide bonds. The molecule has 2 aliphatic rings. The van der Waals surface area contributed by atoms with E-state index in [4.69, 9.17) is 9.47 Å². The third-order valence-corrected chi connectivity index (χ3v) is 4.98. The van der Waals surface area contributed by atoms with Crippen molar-refractivity contribution in [3.05, 3.63) is 29.8 Å². The number of nitrogens with one attached hydrogen (secondary N) is 1. The zero-order valence-electron chi connectivity index (χ0n) is 11.9. The summed E-state index contributed by atoms with van der Waals surface area (Å²) in [6.45, 7) is 0.440. The third kappa shape index (κ3) is 2.87. The van der Waals surface area contributed by atoms with Crippen LogP contribution in [0, 0.1) is 0 Å². The first-order chi connectivity index (χ1) is 10.4. The van der Waals surface area contributed by atoms with Crippen LogP contribution in [0.2, 0.25) is 0 Å². The lowest BCUT2D eigenvalue weighted by molar-refractivity contribution is 0.0178. The SMILES string of the molecule is CS(=O)(=O)c1cccc(C(=O)N[C@@H]2CO[C@H]3[C@@H]2OC[C@H]3O)c1. The van der Waals surface area contributed by atoms with Crippen molar-refractivity contribution in [3.63, 3.8) is 0 Å². The number of amides is 1. The summed E-state index contributed by atoms with van der Waals surface area (Å²) in [6.07, 6.45) is -0.391. The molecule has 2 N–H and O–H groups in total. The van der Waals surface area contributed by atoms with E-state index in [9.17, 15) is 18.3 Å². The number of sulfone groups is 1. The predicted octanol–water partition coefficient (Wildman–Crippen LogP) is -0.653. The van der Waals surface area contributed by atoms with Crippen LogP contribution in [0.4, 0.5) is 0 Å². The molecule has 0 saturated carbocycles. The molecule has 22 heavy (non-hydrogen) atoms. The minimum atomic E-state index is -3.37. The van der Waals surface area contributed by atoms with Crippen LogP contribution in [0.15, 0.2) is 29.2 Å². The van der Waals surface area contributed by atoms with Gasteiger partial charge in [0.2, 0.25) is 0 Å². The average Bonchev–Trinajstić information content (AvgIpc) is 3.03. The van der Waals surface area contributed by atoms with Gasteiger partial charge in [-0.05, 0) is 18.2 Å². The molecule has 0 aliphatic carbocycles. The number of aliphatic hydroxyl groups is 1. The van der Waals surface area contributed by atoms with Gasteiger partial charge in [0, 0.05) is 11.8 Å². The van der Waals surface area contributed by atoms with Gasteiger partial charge in [0.05, 0.1) is 24.2 Å². The molecule has 2 heterocycles. The maximum absolute atomic E-state index is 12.3. The highest BCUT2D eigenvalue weighted by Crippen LogP contribution is 2.27. The summed E-state index contributed by atoms with van der Waals surface area (Å²) in [4.78, 5) is 12.4. The van der Waals surface area contributed by atoms with Crippen LogP contribution < -0.4 is 5.32 Å². The molecule has 0 spiro atoms. The van der Waals surface area contributed by atoms with Crippen molar-refractivity contribution in [1.29, 1.82) is 0 Å². The summed E-state index contributed by atoms with van der Waals surface area (Å²) < 4.78 is 33.9. The normalized spacial score (nSPS) is 31.0. The van der Waals surface area contributed by atoms with E-state index in [1.165, 1.54) is 18.2 Å². The van der Waals surface area contributed by atoms with Gasteiger partial charge in [-0.2, -0.15) is 0 Å². The Kier molecular flexibility index (Phi) is 3.94. The number of hydrogen-bond acceptors (Lipinski definition) is 6. The number of aliphatic hydroxyl groups excluding tert-OH is 1. The topological polar surface area (TPSA) is 102 Å². The maximum atomic E-state index is 12.3. The van der Waals surface area contributed by atoms with E-state index in [1.54, 1.807) is 6.07 Å². The second-order valence-electron chi connectivity index (χ2n) is 5.54. The predicted molar refractivity (Wildman–Crippen MR) is 76.3 cm³/mol. The van der Waals surface area contributed by atoms with E-state index in [1.807, 2.05) is 0 Å². The second kappa shape index (κ2) is 5.62. The van der Waals surface area contributed by atoms with Gasteiger partial charge < -0.3 is 19.9 Å². The lowest BCUT2D eigenvalue weighted by atomic mass is 10.1. The highest BCUT2D eigenvalue weighted by molar-refractivity contribution is 7.90. The molecule has 2 aliphatic heterocycles. The smallest absolute Gasteiger partial charge is 0.251 e. The number of ether oxygens (including phenoxy) is 2. The fourth-order valence-electron chi connectivity index (χ4n) is 2.72. The summed E-state index contributed by atoms with van der Waals surface area (Å²) in [7, 11) is -3.37. The Bertz CT molecular complexity index is 688. The molecule has 2 fully saturated rings. The minimum absolute atomic E-state index is 0.0910. The lowest BCUT2D eigenvalue weighted by Gasteiger charge is -2.17. The molecule has 8 heteroatoms. The van der Waals surface area contributed by atoms with Gasteiger partial charge in [-0.3, -0.25) is 4.79 Å². The summed E-state index contributed by atoms with van der Waals surface area (Å²) in [5.74, 6) is -0.398. The van der Waals surface area contributed by atoms with E-state index in [2.05, 4.69) is 5.32 Å². The van der Waals surface area contributed by atoms with Crippen molar-refractivity contribution in [2.24, 2.45) is 0 Å². The van der Waals surface area contributed by atoms with E-state index >= 15 is 0 Å². The number of benzene rings is 1. The molecule has 3 rings (SSSR count). The van der Waals surface area contributed by atoms with Crippen molar-refractivity contribution in [1.82, 2.24) is 5.32 Å². The molecule has 4 atom stereocenters. The average molecular weight is 327 g/mol. The third-order valence-electron chi connectivity index (χ3n) is 3.87.